The minimum absolute atomic E-state index is 0.0481. The van der Waals surface area contributed by atoms with Crippen molar-refractivity contribution in [2.24, 2.45) is 0 Å². The Morgan fingerprint density at radius 2 is 2.08 bits per heavy atom. The summed E-state index contributed by atoms with van der Waals surface area (Å²) in [5, 5.41) is 2.94. The second-order valence-electron chi connectivity index (χ2n) is 6.09. The summed E-state index contributed by atoms with van der Waals surface area (Å²) in [6.45, 7) is 3.37. The second kappa shape index (κ2) is 6.47. The van der Waals surface area contributed by atoms with Crippen molar-refractivity contribution < 1.29 is 9.53 Å². The van der Waals surface area contributed by atoms with Crippen molar-refractivity contribution in [1.29, 1.82) is 0 Å². The molecule has 3 aromatic rings. The lowest BCUT2D eigenvalue weighted by atomic mass is 10.2. The summed E-state index contributed by atoms with van der Waals surface area (Å²) >= 11 is 0. The first-order chi connectivity index (χ1) is 12.3. The molecule has 2 heterocycles. The lowest BCUT2D eigenvalue weighted by molar-refractivity contribution is 0.251. The smallest absolute Gasteiger partial charge is 0.322 e. The van der Waals surface area contributed by atoms with Gasteiger partial charge in [0.05, 0.1) is 30.0 Å². The lowest BCUT2D eigenvalue weighted by Crippen LogP contribution is -2.29. The van der Waals surface area contributed by atoms with Gasteiger partial charge in [0.2, 0.25) is 0 Å². The molecule has 1 fully saturated rings. The largest absolute Gasteiger partial charge is 0.494 e. The van der Waals surface area contributed by atoms with E-state index in [0.717, 1.165) is 34.5 Å². The van der Waals surface area contributed by atoms with Gasteiger partial charge >= 0.3 is 6.03 Å². The maximum Gasteiger partial charge on any atom is 0.322 e. The number of rotatable bonds is 5. The highest BCUT2D eigenvalue weighted by Crippen LogP contribution is 2.32. The van der Waals surface area contributed by atoms with Crippen molar-refractivity contribution in [2.75, 3.05) is 18.1 Å². The number of nitrogens with one attached hydrogen (secondary N) is 2. The second-order valence-corrected chi connectivity index (χ2v) is 6.09. The quantitative estimate of drug-likeness (QED) is 0.744. The predicted octanol–water partition coefficient (Wildman–Crippen LogP) is 3.62. The molecule has 1 aromatic heterocycles. The number of aromatic nitrogens is 2. The molecule has 0 aliphatic carbocycles. The van der Waals surface area contributed by atoms with E-state index < -0.39 is 0 Å². The van der Waals surface area contributed by atoms with Gasteiger partial charge in [-0.25, -0.2) is 9.78 Å². The van der Waals surface area contributed by atoms with Gasteiger partial charge in [-0.1, -0.05) is 19.1 Å². The molecule has 6 nitrogen and oxygen atoms in total. The number of anilines is 1. The third-order valence-corrected chi connectivity index (χ3v) is 4.40. The molecule has 1 saturated heterocycles. The van der Waals surface area contributed by atoms with E-state index in [2.05, 4.69) is 22.2 Å². The van der Waals surface area contributed by atoms with Crippen LogP contribution in [0.15, 0.2) is 48.8 Å². The Kier molecular flexibility index (Phi) is 4.01. The molecule has 0 radical (unpaired) electrons. The van der Waals surface area contributed by atoms with Crippen LogP contribution in [0.5, 0.6) is 5.75 Å². The number of benzene rings is 2. The van der Waals surface area contributed by atoms with Gasteiger partial charge in [0.1, 0.15) is 5.75 Å². The number of hydrogen-bond acceptors (Lipinski definition) is 3. The van der Waals surface area contributed by atoms with Gasteiger partial charge in [0.25, 0.3) is 0 Å². The normalized spacial score (nSPS) is 17.1. The minimum atomic E-state index is -0.0878. The molecule has 2 N–H and O–H groups in total. The number of hydrogen-bond donors (Lipinski definition) is 2. The number of imidazole rings is 1. The Labute approximate surface area is 145 Å². The summed E-state index contributed by atoms with van der Waals surface area (Å²) in [5.41, 5.74) is 3.73. The summed E-state index contributed by atoms with van der Waals surface area (Å²) < 4.78 is 5.64. The van der Waals surface area contributed by atoms with E-state index in [1.165, 1.54) is 0 Å². The zero-order valence-electron chi connectivity index (χ0n) is 14.0. The van der Waals surface area contributed by atoms with E-state index in [0.29, 0.717) is 13.2 Å². The van der Waals surface area contributed by atoms with Crippen molar-refractivity contribution in [3.8, 4) is 5.75 Å². The predicted molar refractivity (Wildman–Crippen MR) is 96.9 cm³/mol. The van der Waals surface area contributed by atoms with Crippen LogP contribution < -0.4 is 15.0 Å². The molecular weight excluding hydrogens is 322 g/mol. The number of nitrogens with zero attached hydrogens (tertiary/aromatic N) is 2. The van der Waals surface area contributed by atoms with Crippen LogP contribution in [0.25, 0.3) is 11.0 Å². The fourth-order valence-electron chi connectivity index (χ4n) is 3.15. The highest BCUT2D eigenvalue weighted by Gasteiger charge is 2.33. The summed E-state index contributed by atoms with van der Waals surface area (Å²) in [5.74, 6) is 0.855. The van der Waals surface area contributed by atoms with Crippen molar-refractivity contribution >= 4 is 22.8 Å². The van der Waals surface area contributed by atoms with Crippen LogP contribution in [-0.4, -0.2) is 29.2 Å². The first-order valence-corrected chi connectivity index (χ1v) is 8.49. The molecule has 0 bridgehead atoms. The minimum Gasteiger partial charge on any atom is -0.494 e. The monoisotopic (exact) mass is 342 g/mol. The first-order valence-electron chi connectivity index (χ1n) is 8.49. The molecule has 1 unspecified atom stereocenters. The van der Waals surface area contributed by atoms with Gasteiger partial charge in [0.15, 0.2) is 0 Å². The molecule has 6 heteroatoms. The highest BCUT2D eigenvalue weighted by atomic mass is 16.5. The van der Waals surface area contributed by atoms with Crippen LogP contribution in [-0.2, 0) is 0 Å². The summed E-state index contributed by atoms with van der Waals surface area (Å²) in [4.78, 5) is 21.5. The third-order valence-electron chi connectivity index (χ3n) is 4.40. The lowest BCUT2D eigenvalue weighted by Gasteiger charge is -2.23. The van der Waals surface area contributed by atoms with Crippen molar-refractivity contribution in [2.45, 2.75) is 19.4 Å². The molecule has 4 rings (SSSR count). The standard InChI is InChI=1S/C19H20N4O2/c1-2-9-25-15-6-3-13(4-7-15)18-11-20-19(24)23(18)14-5-8-16-17(10-14)22-12-21-16/h3-8,10,12,18H,2,9,11H2,1H3,(H,20,24)(H,21,22)/i3+1,4+1,6+1,7+1,13+1,15+1. The number of ether oxygens (including phenoxy) is 1. The number of aromatic amines is 1. The fourth-order valence-corrected chi connectivity index (χ4v) is 3.15. The third kappa shape index (κ3) is 2.91. The Hall–Kier alpha value is -3.02. The topological polar surface area (TPSA) is 70.2 Å². The fraction of sp³-hybridized carbons (Fsp3) is 0.263. The number of urea groups is 1. The van der Waals surface area contributed by atoms with E-state index in [4.69, 9.17) is 4.74 Å². The number of amides is 2. The van der Waals surface area contributed by atoms with Gasteiger partial charge in [-0.15, -0.1) is 0 Å². The average Bonchev–Trinajstić information content (AvgIpc) is 3.26. The molecule has 0 saturated carbocycles. The van der Waals surface area contributed by atoms with E-state index >= 15 is 0 Å². The van der Waals surface area contributed by atoms with Crippen molar-refractivity contribution in [1.82, 2.24) is 15.3 Å². The molecule has 128 valence electrons. The molecule has 25 heavy (non-hydrogen) atoms. The maximum atomic E-state index is 12.4. The van der Waals surface area contributed by atoms with Crippen LogP contribution in [0.4, 0.5) is 10.5 Å². The summed E-state index contributed by atoms with van der Waals surface area (Å²) in [6, 6.07) is 13.6. The zero-order chi connectivity index (χ0) is 17.2. The van der Waals surface area contributed by atoms with E-state index in [9.17, 15) is 4.79 Å². The maximum absolute atomic E-state index is 12.4. The van der Waals surface area contributed by atoms with E-state index in [-0.39, 0.29) is 12.1 Å². The number of carbonyl (C=O) groups excluding carboxylic acids is 1. The number of fused-ring (bicyclic) bond motifs is 1. The van der Waals surface area contributed by atoms with E-state index in [1.807, 2.05) is 42.5 Å². The Morgan fingerprint density at radius 1 is 1.24 bits per heavy atom. The average molecular weight is 342 g/mol. The molecule has 1 aliphatic heterocycles. The number of H-pyrrole nitrogens is 1. The van der Waals surface area contributed by atoms with Gasteiger partial charge in [-0.05, 0) is 42.3 Å². The van der Waals surface area contributed by atoms with Crippen LogP contribution in [0.2, 0.25) is 0 Å². The zero-order valence-corrected chi connectivity index (χ0v) is 14.0. The Balaban J connectivity index is 1.63. The van der Waals surface area contributed by atoms with Crippen molar-refractivity contribution in [3.05, 3.63) is 54.4 Å². The molecule has 1 atom stereocenters. The number of carbonyl (C=O) groups is 1. The Morgan fingerprint density at radius 3 is 2.88 bits per heavy atom. The van der Waals surface area contributed by atoms with Gasteiger partial charge in [-0.2, -0.15) is 0 Å². The van der Waals surface area contributed by atoms with E-state index in [1.54, 1.807) is 11.2 Å². The SMILES string of the molecule is CCCO[13c]1[13cH][13cH][13c](C2CNC(=O)N2c2ccc3nc[nH]c3c2)[13cH][13cH]1. The van der Waals surface area contributed by atoms with Crippen molar-refractivity contribution in [3.63, 3.8) is 0 Å². The van der Waals surface area contributed by atoms with Crippen LogP contribution >= 0.6 is 0 Å². The first kappa shape index (κ1) is 15.5. The summed E-state index contributed by atoms with van der Waals surface area (Å²) in [7, 11) is 0. The molecule has 2 amide bonds. The van der Waals surface area contributed by atoms with Crippen LogP contribution in [0, 0.1) is 0 Å². The Bertz CT molecular complexity index is 888. The van der Waals surface area contributed by atoms with Crippen LogP contribution in [0.3, 0.4) is 0 Å². The van der Waals surface area contributed by atoms with Gasteiger partial charge in [0, 0.05) is 12.2 Å². The molecule has 2 aromatic carbocycles. The summed E-state index contributed by atoms with van der Waals surface area (Å²) in [6.07, 6.45) is 2.64. The van der Waals surface area contributed by atoms with Gasteiger partial charge < -0.3 is 15.0 Å². The molecule has 0 spiro atoms. The molecule has 1 aliphatic rings. The van der Waals surface area contributed by atoms with Crippen LogP contribution in [0.1, 0.15) is 24.9 Å². The highest BCUT2D eigenvalue weighted by molar-refractivity contribution is 5.97. The van der Waals surface area contributed by atoms with Gasteiger partial charge in [-0.3, -0.25) is 4.90 Å². The molecular formula is C19H20N4O2.